The monoisotopic (exact) mass is 306 g/mol. The van der Waals surface area contributed by atoms with Crippen LogP contribution in [0.15, 0.2) is 0 Å². The maximum absolute atomic E-state index is 12.5. The fourth-order valence-electron chi connectivity index (χ4n) is 2.78. The number of hydrogen-bond acceptors (Lipinski definition) is 5. The third-order valence-electron chi connectivity index (χ3n) is 4.04. The van der Waals surface area contributed by atoms with Gasteiger partial charge in [0, 0.05) is 0 Å². The van der Waals surface area contributed by atoms with Crippen LogP contribution in [0.25, 0.3) is 0 Å². The van der Waals surface area contributed by atoms with Crippen molar-refractivity contribution in [2.45, 2.75) is 70.3 Å². The van der Waals surface area contributed by atoms with E-state index in [-0.39, 0.29) is 11.8 Å². The van der Waals surface area contributed by atoms with Crippen molar-refractivity contribution in [1.82, 2.24) is 14.9 Å². The first-order valence-corrected chi connectivity index (χ1v) is 8.41. The lowest BCUT2D eigenvalue weighted by Crippen LogP contribution is -2.47. The predicted molar refractivity (Wildman–Crippen MR) is 82.1 cm³/mol. The van der Waals surface area contributed by atoms with Crippen molar-refractivity contribution in [2.75, 3.05) is 0 Å². The Hall–Kier alpha value is -1.48. The van der Waals surface area contributed by atoms with Crippen LogP contribution >= 0.6 is 11.5 Å². The van der Waals surface area contributed by atoms with Crippen molar-refractivity contribution in [1.29, 1.82) is 5.26 Å². The van der Waals surface area contributed by atoms with E-state index in [1.54, 1.807) is 0 Å². The van der Waals surface area contributed by atoms with E-state index < -0.39 is 5.54 Å². The van der Waals surface area contributed by atoms with Crippen LogP contribution in [0.2, 0.25) is 0 Å². The molecule has 0 radical (unpaired) electrons. The quantitative estimate of drug-likeness (QED) is 0.928. The molecular weight excluding hydrogens is 284 g/mol. The van der Waals surface area contributed by atoms with Crippen LogP contribution in [0.1, 0.15) is 80.1 Å². The number of aromatic nitrogens is 2. The average Bonchev–Trinajstić information content (AvgIpc) is 2.91. The van der Waals surface area contributed by atoms with Crippen molar-refractivity contribution in [2.24, 2.45) is 0 Å². The molecule has 1 amide bonds. The summed E-state index contributed by atoms with van der Waals surface area (Å²) in [6, 6.07) is 2.36. The fourth-order valence-corrected chi connectivity index (χ4v) is 3.49. The normalized spacial score (nSPS) is 18.6. The Morgan fingerprint density at radius 1 is 1.29 bits per heavy atom. The molecule has 0 spiro atoms. The summed E-state index contributed by atoms with van der Waals surface area (Å²) in [4.78, 5) is 13.1. The van der Waals surface area contributed by atoms with Crippen molar-refractivity contribution < 1.29 is 4.79 Å². The van der Waals surface area contributed by atoms with Gasteiger partial charge in [-0.3, -0.25) is 4.79 Å². The van der Waals surface area contributed by atoms with E-state index in [0.29, 0.717) is 4.88 Å². The van der Waals surface area contributed by atoms with E-state index in [2.05, 4.69) is 21.0 Å². The molecule has 1 fully saturated rings. The highest BCUT2D eigenvalue weighted by Crippen LogP contribution is 2.27. The number of hydrogen-bond donors (Lipinski definition) is 1. The largest absolute Gasteiger partial charge is 0.333 e. The number of nitrogens with one attached hydrogen (secondary N) is 1. The van der Waals surface area contributed by atoms with Gasteiger partial charge in [-0.25, -0.2) is 0 Å². The molecule has 1 heterocycles. The molecule has 5 nitrogen and oxygen atoms in total. The molecule has 1 N–H and O–H groups in total. The summed E-state index contributed by atoms with van der Waals surface area (Å²) in [5.74, 6) is -0.0457. The van der Waals surface area contributed by atoms with E-state index in [4.69, 9.17) is 0 Å². The zero-order valence-electron chi connectivity index (χ0n) is 12.7. The standard InChI is InChI=1S/C15H22N4OS/c1-11(2)12-13(21-19-18-12)14(20)17-15(10-16)8-6-4-3-5-7-9-15/h11H,3-9H2,1-2H3,(H,17,20). The molecule has 1 aromatic rings. The maximum atomic E-state index is 12.5. The molecule has 6 heteroatoms. The lowest BCUT2D eigenvalue weighted by atomic mass is 9.85. The first kappa shape index (κ1) is 15.9. The van der Waals surface area contributed by atoms with Gasteiger partial charge in [-0.1, -0.05) is 50.4 Å². The third-order valence-corrected chi connectivity index (χ3v) is 4.78. The molecule has 0 saturated heterocycles. The summed E-state index contributed by atoms with van der Waals surface area (Å²) in [6.07, 6.45) is 6.96. The number of nitriles is 1. The van der Waals surface area contributed by atoms with Crippen LogP contribution in [-0.2, 0) is 0 Å². The van der Waals surface area contributed by atoms with E-state index in [1.165, 1.54) is 6.42 Å². The summed E-state index contributed by atoms with van der Waals surface area (Å²) in [5, 5.41) is 16.6. The van der Waals surface area contributed by atoms with Crippen LogP contribution in [0.4, 0.5) is 0 Å². The molecule has 1 aliphatic carbocycles. The SMILES string of the molecule is CC(C)c1nnsc1C(=O)NC1(C#N)CCCCCCC1. The number of amides is 1. The molecule has 0 bridgehead atoms. The van der Waals surface area contributed by atoms with Gasteiger partial charge in [0.05, 0.1) is 11.8 Å². The molecule has 21 heavy (non-hydrogen) atoms. The summed E-state index contributed by atoms with van der Waals surface area (Å²) in [5.41, 5.74) is -0.00753. The van der Waals surface area contributed by atoms with Gasteiger partial charge in [0.1, 0.15) is 10.4 Å². The van der Waals surface area contributed by atoms with Gasteiger partial charge in [0.25, 0.3) is 5.91 Å². The highest BCUT2D eigenvalue weighted by Gasteiger charge is 2.33. The van der Waals surface area contributed by atoms with Gasteiger partial charge in [-0.05, 0) is 30.3 Å². The first-order chi connectivity index (χ1) is 10.1. The molecule has 0 aromatic carbocycles. The minimum atomic E-state index is -0.726. The topological polar surface area (TPSA) is 78.7 Å². The number of carbonyl (C=O) groups excluding carboxylic acids is 1. The smallest absolute Gasteiger partial charge is 0.266 e. The Morgan fingerprint density at radius 2 is 1.90 bits per heavy atom. The highest BCUT2D eigenvalue weighted by atomic mass is 32.1. The molecule has 0 unspecified atom stereocenters. The minimum absolute atomic E-state index is 0.153. The Balaban J connectivity index is 2.15. The summed E-state index contributed by atoms with van der Waals surface area (Å²) < 4.78 is 3.89. The Labute approximate surface area is 129 Å². The fraction of sp³-hybridized carbons (Fsp3) is 0.733. The van der Waals surface area contributed by atoms with Gasteiger partial charge >= 0.3 is 0 Å². The van der Waals surface area contributed by atoms with E-state index in [9.17, 15) is 10.1 Å². The second-order valence-electron chi connectivity index (χ2n) is 6.06. The summed E-state index contributed by atoms with van der Waals surface area (Å²) in [6.45, 7) is 3.98. The van der Waals surface area contributed by atoms with Crippen molar-refractivity contribution in [3.05, 3.63) is 10.6 Å². The zero-order chi connectivity index (χ0) is 15.3. The van der Waals surface area contributed by atoms with Gasteiger partial charge in [0.15, 0.2) is 0 Å². The molecule has 114 valence electrons. The van der Waals surface area contributed by atoms with Gasteiger partial charge in [0.2, 0.25) is 0 Å². The number of nitrogens with zero attached hydrogens (tertiary/aromatic N) is 3. The van der Waals surface area contributed by atoms with Crippen molar-refractivity contribution >= 4 is 17.4 Å². The second-order valence-corrected chi connectivity index (χ2v) is 6.81. The second kappa shape index (κ2) is 6.99. The lowest BCUT2D eigenvalue weighted by molar-refractivity contribution is 0.0910. The molecule has 0 atom stereocenters. The van der Waals surface area contributed by atoms with E-state index in [1.807, 2.05) is 13.8 Å². The third kappa shape index (κ3) is 3.79. The minimum Gasteiger partial charge on any atom is -0.333 e. The van der Waals surface area contributed by atoms with Gasteiger partial charge in [-0.2, -0.15) is 5.26 Å². The summed E-state index contributed by atoms with van der Waals surface area (Å²) in [7, 11) is 0. The first-order valence-electron chi connectivity index (χ1n) is 7.64. The van der Waals surface area contributed by atoms with Crippen LogP contribution in [0.5, 0.6) is 0 Å². The predicted octanol–water partition coefficient (Wildman–Crippen LogP) is 3.40. The Kier molecular flexibility index (Phi) is 5.29. The van der Waals surface area contributed by atoms with Crippen LogP contribution in [0, 0.1) is 11.3 Å². The summed E-state index contributed by atoms with van der Waals surface area (Å²) >= 11 is 1.11. The molecule has 2 rings (SSSR count). The average molecular weight is 306 g/mol. The van der Waals surface area contributed by atoms with Crippen LogP contribution in [-0.4, -0.2) is 21.0 Å². The number of rotatable bonds is 3. The van der Waals surface area contributed by atoms with Crippen molar-refractivity contribution in [3.8, 4) is 6.07 Å². The Bertz CT molecular complexity index is 524. The Morgan fingerprint density at radius 3 is 2.48 bits per heavy atom. The molecular formula is C15H22N4OS. The molecule has 1 saturated carbocycles. The molecule has 0 aliphatic heterocycles. The van der Waals surface area contributed by atoms with E-state index >= 15 is 0 Å². The van der Waals surface area contributed by atoms with Gasteiger partial charge in [-0.15, -0.1) is 5.10 Å². The van der Waals surface area contributed by atoms with Crippen LogP contribution in [0.3, 0.4) is 0 Å². The maximum Gasteiger partial charge on any atom is 0.266 e. The highest BCUT2D eigenvalue weighted by molar-refractivity contribution is 7.08. The van der Waals surface area contributed by atoms with E-state index in [0.717, 1.165) is 55.8 Å². The zero-order valence-corrected chi connectivity index (χ0v) is 13.5. The molecule has 1 aromatic heterocycles. The lowest BCUT2D eigenvalue weighted by Gasteiger charge is -2.29. The molecule has 1 aliphatic rings. The van der Waals surface area contributed by atoms with Crippen molar-refractivity contribution in [3.63, 3.8) is 0 Å². The van der Waals surface area contributed by atoms with Crippen LogP contribution < -0.4 is 5.32 Å². The number of carbonyl (C=O) groups is 1. The van der Waals surface area contributed by atoms with Gasteiger partial charge < -0.3 is 5.32 Å².